The first-order valence-corrected chi connectivity index (χ1v) is 8.48. The number of aryl methyl sites for hydroxylation is 1. The number of nitrogens with one attached hydrogen (secondary N) is 1. The Morgan fingerprint density at radius 3 is 2.55 bits per heavy atom. The third-order valence-corrected chi connectivity index (χ3v) is 5.63. The van der Waals surface area contributed by atoms with E-state index in [4.69, 9.17) is 0 Å². The molecule has 0 aromatic carbocycles. The van der Waals surface area contributed by atoms with Gasteiger partial charge in [-0.1, -0.05) is 0 Å². The van der Waals surface area contributed by atoms with E-state index in [1.165, 1.54) is 68.3 Å². The van der Waals surface area contributed by atoms with Crippen LogP contribution in [0.2, 0.25) is 0 Å². The van der Waals surface area contributed by atoms with Gasteiger partial charge in [0.1, 0.15) is 0 Å². The van der Waals surface area contributed by atoms with Gasteiger partial charge in [0, 0.05) is 23.5 Å². The molecule has 3 rings (SSSR count). The molecule has 2 fully saturated rings. The van der Waals surface area contributed by atoms with Gasteiger partial charge in [0.25, 0.3) is 0 Å². The van der Waals surface area contributed by atoms with Crippen molar-refractivity contribution < 1.29 is 0 Å². The summed E-state index contributed by atoms with van der Waals surface area (Å²) >= 11 is 1.89. The number of aromatic nitrogens is 1. The van der Waals surface area contributed by atoms with Crippen molar-refractivity contribution in [3.8, 4) is 0 Å². The number of hydrogen-bond acceptors (Lipinski definition) is 4. The summed E-state index contributed by atoms with van der Waals surface area (Å²) in [4.78, 5) is 8.61. The lowest BCUT2D eigenvalue weighted by molar-refractivity contribution is 0.167. The highest BCUT2D eigenvalue weighted by Crippen LogP contribution is 2.31. The number of nitrogens with zero attached hydrogens (tertiary/aromatic N) is 2. The second kappa shape index (κ2) is 7.74. The van der Waals surface area contributed by atoms with Gasteiger partial charge in [-0.15, -0.1) is 23.7 Å². The van der Waals surface area contributed by atoms with Crippen molar-refractivity contribution in [2.75, 3.05) is 32.7 Å². The number of hydrogen-bond donors (Lipinski definition) is 1. The molecule has 0 bridgehead atoms. The van der Waals surface area contributed by atoms with Crippen LogP contribution in [-0.4, -0.2) is 42.6 Å². The molecule has 0 saturated carbocycles. The first kappa shape index (κ1) is 16.2. The number of piperidine rings is 2. The minimum atomic E-state index is 0. The Morgan fingerprint density at radius 2 is 1.95 bits per heavy atom. The van der Waals surface area contributed by atoms with E-state index in [2.05, 4.69) is 22.1 Å². The molecule has 114 valence electrons. The highest BCUT2D eigenvalue weighted by Gasteiger charge is 2.24. The second-order valence-corrected chi connectivity index (χ2v) is 7.34. The Hall–Kier alpha value is -0.160. The van der Waals surface area contributed by atoms with E-state index >= 15 is 0 Å². The number of rotatable bonds is 3. The van der Waals surface area contributed by atoms with Crippen molar-refractivity contribution in [1.29, 1.82) is 0 Å². The van der Waals surface area contributed by atoms with E-state index < -0.39 is 0 Å². The Morgan fingerprint density at radius 1 is 1.25 bits per heavy atom. The molecule has 1 aromatic rings. The monoisotopic (exact) mass is 315 g/mol. The molecule has 0 unspecified atom stereocenters. The molecular weight excluding hydrogens is 290 g/mol. The summed E-state index contributed by atoms with van der Waals surface area (Å²) in [6.45, 7) is 8.47. The molecule has 20 heavy (non-hydrogen) atoms. The van der Waals surface area contributed by atoms with Gasteiger partial charge in [0.05, 0.1) is 5.01 Å². The number of thiazole rings is 1. The van der Waals surface area contributed by atoms with Crippen LogP contribution < -0.4 is 5.32 Å². The molecule has 2 saturated heterocycles. The van der Waals surface area contributed by atoms with Gasteiger partial charge < -0.3 is 10.2 Å². The summed E-state index contributed by atoms with van der Waals surface area (Å²) in [7, 11) is 0. The average Bonchev–Trinajstić information content (AvgIpc) is 2.87. The largest absolute Gasteiger partial charge is 0.317 e. The van der Waals surface area contributed by atoms with E-state index in [0.717, 1.165) is 11.8 Å². The van der Waals surface area contributed by atoms with Gasteiger partial charge in [-0.3, -0.25) is 0 Å². The minimum Gasteiger partial charge on any atom is -0.317 e. The summed E-state index contributed by atoms with van der Waals surface area (Å²) < 4.78 is 0. The molecule has 0 amide bonds. The van der Waals surface area contributed by atoms with Gasteiger partial charge in [0.2, 0.25) is 0 Å². The first-order chi connectivity index (χ1) is 9.31. The topological polar surface area (TPSA) is 28.2 Å². The van der Waals surface area contributed by atoms with Gasteiger partial charge >= 0.3 is 0 Å². The summed E-state index contributed by atoms with van der Waals surface area (Å²) in [6, 6.07) is 0. The molecule has 3 heterocycles. The maximum atomic E-state index is 4.57. The number of likely N-dealkylation sites (tertiary alicyclic amines) is 1. The summed E-state index contributed by atoms with van der Waals surface area (Å²) in [5.74, 6) is 1.66. The van der Waals surface area contributed by atoms with Crippen LogP contribution in [0.5, 0.6) is 0 Å². The van der Waals surface area contributed by atoms with Crippen LogP contribution in [-0.2, 0) is 0 Å². The molecule has 0 atom stereocenters. The molecule has 2 aliphatic rings. The maximum Gasteiger partial charge on any atom is 0.0959 e. The molecule has 5 heteroatoms. The highest BCUT2D eigenvalue weighted by molar-refractivity contribution is 7.11. The van der Waals surface area contributed by atoms with Crippen LogP contribution in [0.1, 0.15) is 41.5 Å². The van der Waals surface area contributed by atoms with Crippen molar-refractivity contribution >= 4 is 23.7 Å². The molecule has 2 aliphatic heterocycles. The van der Waals surface area contributed by atoms with Crippen molar-refractivity contribution in [3.05, 3.63) is 16.1 Å². The van der Waals surface area contributed by atoms with Crippen LogP contribution in [0.4, 0.5) is 0 Å². The van der Waals surface area contributed by atoms with Crippen molar-refractivity contribution in [3.63, 3.8) is 0 Å². The quantitative estimate of drug-likeness (QED) is 0.929. The lowest BCUT2D eigenvalue weighted by atomic mass is 9.93. The lowest BCUT2D eigenvalue weighted by Gasteiger charge is -2.34. The predicted octanol–water partition coefficient (Wildman–Crippen LogP) is 3.05. The summed E-state index contributed by atoms with van der Waals surface area (Å²) in [5, 5.41) is 4.83. The Labute approximate surface area is 132 Å². The van der Waals surface area contributed by atoms with Crippen molar-refractivity contribution in [2.45, 2.75) is 38.5 Å². The summed E-state index contributed by atoms with van der Waals surface area (Å²) in [5.41, 5.74) is 0. The predicted molar refractivity (Wildman–Crippen MR) is 88.1 cm³/mol. The standard InChI is InChI=1S/C15H25N3S.ClH/c1-12-10-17-15(19-12)14-4-8-18(9-5-14)11-13-2-6-16-7-3-13;/h10,13-14,16H,2-9,11H2,1H3;1H. The van der Waals surface area contributed by atoms with E-state index in [9.17, 15) is 0 Å². The maximum absolute atomic E-state index is 4.57. The van der Waals surface area contributed by atoms with Gasteiger partial charge in [-0.05, 0) is 64.7 Å². The van der Waals surface area contributed by atoms with Crippen LogP contribution in [0.25, 0.3) is 0 Å². The zero-order valence-corrected chi connectivity index (χ0v) is 13.9. The third-order valence-electron chi connectivity index (χ3n) is 4.55. The van der Waals surface area contributed by atoms with Gasteiger partial charge in [-0.25, -0.2) is 4.98 Å². The molecule has 0 spiro atoms. The third kappa shape index (κ3) is 4.17. The fraction of sp³-hybridized carbons (Fsp3) is 0.800. The fourth-order valence-electron chi connectivity index (χ4n) is 3.35. The van der Waals surface area contributed by atoms with Crippen molar-refractivity contribution in [1.82, 2.24) is 15.2 Å². The fourth-order valence-corrected chi connectivity index (χ4v) is 4.30. The smallest absolute Gasteiger partial charge is 0.0959 e. The van der Waals surface area contributed by atoms with E-state index in [0.29, 0.717) is 0 Å². The molecule has 3 nitrogen and oxygen atoms in total. The molecule has 0 radical (unpaired) electrons. The van der Waals surface area contributed by atoms with E-state index in [1.54, 1.807) is 0 Å². The highest BCUT2D eigenvalue weighted by atomic mass is 35.5. The zero-order chi connectivity index (χ0) is 13.1. The number of halogens is 1. The van der Waals surface area contributed by atoms with Crippen LogP contribution in [0.15, 0.2) is 6.20 Å². The molecular formula is C15H26ClN3S. The second-order valence-electron chi connectivity index (χ2n) is 6.08. The SMILES string of the molecule is Cc1cnc(C2CCN(CC3CCNCC3)CC2)s1.Cl. The Kier molecular flexibility index (Phi) is 6.27. The van der Waals surface area contributed by atoms with Crippen LogP contribution in [0, 0.1) is 12.8 Å². The van der Waals surface area contributed by atoms with Crippen molar-refractivity contribution in [2.24, 2.45) is 5.92 Å². The Bertz CT molecular complexity index is 396. The minimum absolute atomic E-state index is 0. The zero-order valence-electron chi connectivity index (χ0n) is 12.3. The van der Waals surface area contributed by atoms with Crippen LogP contribution in [0.3, 0.4) is 0 Å². The Balaban J connectivity index is 0.00000147. The van der Waals surface area contributed by atoms with Gasteiger partial charge in [-0.2, -0.15) is 0 Å². The molecule has 1 N–H and O–H groups in total. The van der Waals surface area contributed by atoms with Crippen LogP contribution >= 0.6 is 23.7 Å². The van der Waals surface area contributed by atoms with E-state index in [-0.39, 0.29) is 12.4 Å². The molecule has 0 aliphatic carbocycles. The first-order valence-electron chi connectivity index (χ1n) is 7.66. The van der Waals surface area contributed by atoms with E-state index in [1.807, 2.05) is 17.5 Å². The average molecular weight is 316 g/mol. The molecule has 1 aromatic heterocycles. The lowest BCUT2D eigenvalue weighted by Crippen LogP contribution is -2.39. The van der Waals surface area contributed by atoms with Gasteiger partial charge in [0.15, 0.2) is 0 Å². The normalized spacial score (nSPS) is 22.6. The summed E-state index contributed by atoms with van der Waals surface area (Å²) in [6.07, 6.45) is 7.37.